The van der Waals surface area contributed by atoms with Crippen molar-refractivity contribution in [2.45, 2.75) is 6.23 Å². The molecule has 1 aliphatic heterocycles. The number of benzene rings is 2. The van der Waals surface area contributed by atoms with Crippen LogP contribution in [0, 0.1) is 0 Å². The average Bonchev–Trinajstić information content (AvgIpc) is 2.89. The largest absolute Gasteiger partial charge is 0.246 e. The first-order valence-electron chi connectivity index (χ1n) is 5.74. The van der Waals surface area contributed by atoms with Gasteiger partial charge in [-0.3, -0.25) is 0 Å². The zero-order valence-corrected chi connectivity index (χ0v) is 12.1. The third-order valence-electron chi connectivity index (χ3n) is 2.78. The first-order valence-corrected chi connectivity index (χ1v) is 6.91. The number of nitrogens with zero attached hydrogens (tertiary/aromatic N) is 1. The molecular weight excluding hydrogens is 328 g/mol. The van der Waals surface area contributed by atoms with E-state index in [1.54, 1.807) is 0 Å². The van der Waals surface area contributed by atoms with Gasteiger partial charge in [0.05, 0.1) is 5.02 Å². The number of amidine groups is 1. The second-order valence-corrected chi connectivity index (χ2v) is 5.41. The minimum atomic E-state index is -0.358. The molecule has 1 heterocycles. The number of hydroxylamine groups is 1. The number of nitrogens with one attached hydrogen (secondary N) is 1. The van der Waals surface area contributed by atoms with Gasteiger partial charge in [-0.25, -0.2) is 15.3 Å². The Morgan fingerprint density at radius 1 is 1.16 bits per heavy atom. The molecule has 0 aliphatic carbocycles. The molecule has 5 heteroatoms. The van der Waals surface area contributed by atoms with Gasteiger partial charge in [0.2, 0.25) is 6.23 Å². The lowest BCUT2D eigenvalue weighted by molar-refractivity contribution is 0.0376. The van der Waals surface area contributed by atoms with Gasteiger partial charge in [-0.2, -0.15) is 0 Å². The van der Waals surface area contributed by atoms with E-state index in [9.17, 15) is 0 Å². The summed E-state index contributed by atoms with van der Waals surface area (Å²) in [6.45, 7) is 0. The third kappa shape index (κ3) is 2.66. The van der Waals surface area contributed by atoms with Gasteiger partial charge < -0.3 is 0 Å². The van der Waals surface area contributed by atoms with Crippen LogP contribution < -0.4 is 5.48 Å². The van der Waals surface area contributed by atoms with E-state index in [0.717, 1.165) is 15.6 Å². The first kappa shape index (κ1) is 12.7. The van der Waals surface area contributed by atoms with E-state index in [2.05, 4.69) is 26.4 Å². The highest BCUT2D eigenvalue weighted by atomic mass is 79.9. The molecule has 0 saturated heterocycles. The highest BCUT2D eigenvalue weighted by molar-refractivity contribution is 9.10. The van der Waals surface area contributed by atoms with E-state index in [1.807, 2.05) is 48.5 Å². The van der Waals surface area contributed by atoms with Gasteiger partial charge >= 0.3 is 0 Å². The molecule has 0 saturated carbocycles. The molecule has 0 unspecified atom stereocenters. The third-order valence-corrected chi connectivity index (χ3v) is 3.60. The summed E-state index contributed by atoms with van der Waals surface area (Å²) in [7, 11) is 0. The van der Waals surface area contributed by atoms with Gasteiger partial charge in [0.15, 0.2) is 5.84 Å². The Labute approximate surface area is 124 Å². The number of halogens is 2. The van der Waals surface area contributed by atoms with Crippen molar-refractivity contribution in [1.29, 1.82) is 0 Å². The van der Waals surface area contributed by atoms with Crippen molar-refractivity contribution in [1.82, 2.24) is 5.48 Å². The van der Waals surface area contributed by atoms with Crippen molar-refractivity contribution in [3.05, 3.63) is 69.2 Å². The summed E-state index contributed by atoms with van der Waals surface area (Å²) in [6, 6.07) is 15.4. The molecule has 3 nitrogen and oxygen atoms in total. The molecule has 0 amide bonds. The van der Waals surface area contributed by atoms with Crippen molar-refractivity contribution >= 4 is 33.4 Å². The SMILES string of the molecule is Clc1ccccc1C1=N[C@H](c2cccc(Br)c2)ON1. The van der Waals surface area contributed by atoms with Crippen molar-refractivity contribution < 1.29 is 4.84 Å². The maximum atomic E-state index is 6.14. The van der Waals surface area contributed by atoms with Crippen LogP contribution in [0.2, 0.25) is 5.02 Å². The summed E-state index contributed by atoms with van der Waals surface area (Å²) in [5, 5.41) is 0.646. The fraction of sp³-hybridized carbons (Fsp3) is 0.0714. The topological polar surface area (TPSA) is 33.6 Å². The Morgan fingerprint density at radius 3 is 2.79 bits per heavy atom. The zero-order chi connectivity index (χ0) is 13.2. The molecular formula is C14H10BrClN2O. The molecule has 0 fully saturated rings. The predicted molar refractivity (Wildman–Crippen MR) is 79.1 cm³/mol. The van der Waals surface area contributed by atoms with Crippen LogP contribution in [0.4, 0.5) is 0 Å². The Bertz CT molecular complexity index is 645. The standard InChI is InChI=1S/C14H10BrClN2O/c15-10-5-3-4-9(8-10)14-17-13(18-19-14)11-6-1-2-7-12(11)16/h1-8,14H,(H,17,18)/t14-/m0/s1. The molecule has 0 radical (unpaired) electrons. The monoisotopic (exact) mass is 336 g/mol. The fourth-order valence-electron chi connectivity index (χ4n) is 1.86. The molecule has 1 N–H and O–H groups in total. The summed E-state index contributed by atoms with van der Waals surface area (Å²) in [6.07, 6.45) is -0.358. The van der Waals surface area contributed by atoms with Crippen LogP contribution in [0.3, 0.4) is 0 Å². The summed E-state index contributed by atoms with van der Waals surface area (Å²) < 4.78 is 0.995. The van der Waals surface area contributed by atoms with Crippen molar-refractivity contribution in [2.24, 2.45) is 4.99 Å². The predicted octanol–water partition coefficient (Wildman–Crippen LogP) is 4.08. The fourth-order valence-corrected chi connectivity index (χ4v) is 2.50. The summed E-state index contributed by atoms with van der Waals surface area (Å²) in [4.78, 5) is 9.99. The Morgan fingerprint density at radius 2 is 2.00 bits per heavy atom. The average molecular weight is 338 g/mol. The Balaban J connectivity index is 1.92. The van der Waals surface area contributed by atoms with Gasteiger partial charge in [-0.1, -0.05) is 51.8 Å². The minimum Gasteiger partial charge on any atom is -0.246 e. The van der Waals surface area contributed by atoms with Crippen LogP contribution in [0.25, 0.3) is 0 Å². The van der Waals surface area contributed by atoms with Crippen molar-refractivity contribution in [2.75, 3.05) is 0 Å². The first-order chi connectivity index (χ1) is 9.24. The van der Waals surface area contributed by atoms with Crippen molar-refractivity contribution in [3.63, 3.8) is 0 Å². The zero-order valence-electron chi connectivity index (χ0n) is 9.81. The Hall–Kier alpha value is -1.36. The van der Waals surface area contributed by atoms with E-state index in [1.165, 1.54) is 0 Å². The molecule has 1 atom stereocenters. The number of hydrogen-bond donors (Lipinski definition) is 1. The van der Waals surface area contributed by atoms with Gasteiger partial charge in [-0.05, 0) is 24.3 Å². The molecule has 3 rings (SSSR count). The lowest BCUT2D eigenvalue weighted by Gasteiger charge is -2.05. The normalized spacial score (nSPS) is 18.0. The highest BCUT2D eigenvalue weighted by Crippen LogP contribution is 2.27. The number of aliphatic imine (C=N–C) groups is 1. The van der Waals surface area contributed by atoms with Crippen LogP contribution in [0.5, 0.6) is 0 Å². The van der Waals surface area contributed by atoms with Gasteiger partial charge in [0.1, 0.15) is 0 Å². The molecule has 19 heavy (non-hydrogen) atoms. The maximum Gasteiger partial charge on any atom is 0.202 e. The lowest BCUT2D eigenvalue weighted by atomic mass is 10.2. The van der Waals surface area contributed by atoms with E-state index < -0.39 is 0 Å². The van der Waals surface area contributed by atoms with E-state index in [0.29, 0.717) is 10.9 Å². The van der Waals surface area contributed by atoms with Crippen LogP contribution in [-0.4, -0.2) is 5.84 Å². The summed E-state index contributed by atoms with van der Waals surface area (Å²) in [5.74, 6) is 0.649. The molecule has 1 aliphatic rings. The van der Waals surface area contributed by atoms with E-state index >= 15 is 0 Å². The van der Waals surface area contributed by atoms with Gasteiger partial charge in [0.25, 0.3) is 0 Å². The smallest absolute Gasteiger partial charge is 0.202 e. The van der Waals surface area contributed by atoms with Gasteiger partial charge in [-0.15, -0.1) is 0 Å². The molecule has 2 aromatic carbocycles. The summed E-state index contributed by atoms with van der Waals surface area (Å²) in [5.41, 5.74) is 4.64. The molecule has 96 valence electrons. The molecule has 0 bridgehead atoms. The molecule has 0 aromatic heterocycles. The highest BCUT2D eigenvalue weighted by Gasteiger charge is 2.22. The summed E-state index contributed by atoms with van der Waals surface area (Å²) >= 11 is 9.57. The van der Waals surface area contributed by atoms with Crippen LogP contribution in [0.15, 0.2) is 58.0 Å². The maximum absolute atomic E-state index is 6.14. The van der Waals surface area contributed by atoms with Gasteiger partial charge in [0, 0.05) is 15.6 Å². The molecule has 0 spiro atoms. The second kappa shape index (κ2) is 5.33. The number of rotatable bonds is 2. The van der Waals surface area contributed by atoms with Crippen LogP contribution in [-0.2, 0) is 4.84 Å². The van der Waals surface area contributed by atoms with Crippen molar-refractivity contribution in [3.8, 4) is 0 Å². The minimum absolute atomic E-state index is 0.358. The lowest BCUT2D eigenvalue weighted by Crippen LogP contribution is -2.18. The second-order valence-electron chi connectivity index (χ2n) is 4.08. The van der Waals surface area contributed by atoms with Crippen LogP contribution >= 0.6 is 27.5 Å². The van der Waals surface area contributed by atoms with Crippen LogP contribution in [0.1, 0.15) is 17.4 Å². The quantitative estimate of drug-likeness (QED) is 0.896. The van der Waals surface area contributed by atoms with E-state index in [-0.39, 0.29) is 6.23 Å². The van der Waals surface area contributed by atoms with E-state index in [4.69, 9.17) is 16.4 Å². The Kier molecular flexibility index (Phi) is 3.55. The number of hydrogen-bond acceptors (Lipinski definition) is 3. The molecule has 2 aromatic rings.